The van der Waals surface area contributed by atoms with Gasteiger partial charge in [-0.05, 0) is 50.6 Å². The second-order valence-electron chi connectivity index (χ2n) is 5.73. The second-order valence-corrected chi connectivity index (χ2v) is 5.73. The van der Waals surface area contributed by atoms with Crippen LogP contribution in [0.2, 0.25) is 0 Å². The zero-order valence-corrected chi connectivity index (χ0v) is 10.9. The van der Waals surface area contributed by atoms with Gasteiger partial charge in [0.15, 0.2) is 0 Å². The highest BCUT2D eigenvalue weighted by Crippen LogP contribution is 2.50. The van der Waals surface area contributed by atoms with Crippen molar-refractivity contribution in [3.05, 3.63) is 0 Å². The summed E-state index contributed by atoms with van der Waals surface area (Å²) >= 11 is 0. The van der Waals surface area contributed by atoms with Gasteiger partial charge in [-0.2, -0.15) is 0 Å². The molecule has 2 heteroatoms. The van der Waals surface area contributed by atoms with E-state index in [2.05, 4.69) is 18.7 Å². The maximum Gasteiger partial charge on any atom is 0.0555 e. The van der Waals surface area contributed by atoms with E-state index in [1.165, 1.54) is 32.1 Å². The first kappa shape index (κ1) is 12.4. The normalized spacial score (nSPS) is 33.8. The maximum atomic E-state index is 9.94. The van der Waals surface area contributed by atoms with Gasteiger partial charge in [0.25, 0.3) is 0 Å². The summed E-state index contributed by atoms with van der Waals surface area (Å²) in [6.07, 6.45) is 8.90. The monoisotopic (exact) mass is 225 g/mol. The minimum absolute atomic E-state index is 0.0446. The molecule has 2 nitrogen and oxygen atoms in total. The highest BCUT2D eigenvalue weighted by Gasteiger charge is 2.46. The minimum Gasteiger partial charge on any atom is -0.393 e. The van der Waals surface area contributed by atoms with Crippen molar-refractivity contribution in [3.8, 4) is 0 Å². The van der Waals surface area contributed by atoms with Crippen molar-refractivity contribution < 1.29 is 5.11 Å². The van der Waals surface area contributed by atoms with Crippen LogP contribution in [-0.2, 0) is 0 Å². The average Bonchev–Trinajstić information content (AvgIpc) is 2.75. The summed E-state index contributed by atoms with van der Waals surface area (Å²) in [5, 5.41) is 9.94. The van der Waals surface area contributed by atoms with Crippen LogP contribution in [0.3, 0.4) is 0 Å². The lowest BCUT2D eigenvalue weighted by Crippen LogP contribution is -2.51. The molecule has 0 saturated heterocycles. The molecule has 2 unspecified atom stereocenters. The molecule has 0 radical (unpaired) electrons. The largest absolute Gasteiger partial charge is 0.393 e. The zero-order chi connectivity index (χ0) is 11.6. The third kappa shape index (κ3) is 2.14. The molecule has 0 bridgehead atoms. The molecule has 0 aromatic carbocycles. The highest BCUT2D eigenvalue weighted by atomic mass is 16.3. The number of rotatable bonds is 3. The average molecular weight is 225 g/mol. The Bertz CT molecular complexity index is 219. The first-order valence-corrected chi connectivity index (χ1v) is 7.14. The van der Waals surface area contributed by atoms with Gasteiger partial charge < -0.3 is 10.0 Å². The topological polar surface area (TPSA) is 23.5 Å². The van der Waals surface area contributed by atoms with Crippen molar-refractivity contribution in [3.63, 3.8) is 0 Å². The predicted octanol–water partition coefficient (Wildman–Crippen LogP) is 2.80. The van der Waals surface area contributed by atoms with Crippen molar-refractivity contribution in [1.82, 2.24) is 4.90 Å². The van der Waals surface area contributed by atoms with Gasteiger partial charge in [0.2, 0.25) is 0 Å². The third-order valence-corrected chi connectivity index (χ3v) is 5.03. The van der Waals surface area contributed by atoms with E-state index in [0.717, 1.165) is 25.9 Å². The molecule has 2 rings (SSSR count). The van der Waals surface area contributed by atoms with Gasteiger partial charge in [0.1, 0.15) is 0 Å². The molecule has 0 heterocycles. The number of nitrogens with zero attached hydrogens (tertiary/aromatic N) is 1. The minimum atomic E-state index is -0.0446. The van der Waals surface area contributed by atoms with Gasteiger partial charge in [0, 0.05) is 6.04 Å². The van der Waals surface area contributed by atoms with E-state index in [1.54, 1.807) is 0 Å². The Morgan fingerprint density at radius 3 is 2.31 bits per heavy atom. The van der Waals surface area contributed by atoms with Crippen LogP contribution in [0, 0.1) is 5.41 Å². The second kappa shape index (κ2) is 5.05. The Balaban J connectivity index is 2.14. The molecule has 0 aliphatic heterocycles. The molecule has 2 aliphatic carbocycles. The summed E-state index contributed by atoms with van der Waals surface area (Å²) < 4.78 is 0. The van der Waals surface area contributed by atoms with Crippen LogP contribution in [0.4, 0.5) is 0 Å². The number of aliphatic hydroxyl groups excluding tert-OH is 1. The molecule has 1 N–H and O–H groups in total. The maximum absolute atomic E-state index is 9.94. The van der Waals surface area contributed by atoms with Crippen LogP contribution in [0.1, 0.15) is 58.8 Å². The van der Waals surface area contributed by atoms with Crippen molar-refractivity contribution in [1.29, 1.82) is 0 Å². The zero-order valence-electron chi connectivity index (χ0n) is 10.9. The van der Waals surface area contributed by atoms with Gasteiger partial charge >= 0.3 is 0 Å². The van der Waals surface area contributed by atoms with E-state index >= 15 is 0 Å². The van der Waals surface area contributed by atoms with Crippen molar-refractivity contribution >= 4 is 0 Å². The third-order valence-electron chi connectivity index (χ3n) is 5.03. The Hall–Kier alpha value is -0.0800. The van der Waals surface area contributed by atoms with E-state index in [4.69, 9.17) is 0 Å². The van der Waals surface area contributed by atoms with Crippen molar-refractivity contribution in [2.24, 2.45) is 5.41 Å². The van der Waals surface area contributed by atoms with Crippen molar-refractivity contribution in [2.45, 2.75) is 70.9 Å². The molecule has 94 valence electrons. The lowest BCUT2D eigenvalue weighted by Gasteiger charge is -2.48. The summed E-state index contributed by atoms with van der Waals surface area (Å²) in [6.45, 7) is 6.78. The molecule has 1 spiro atoms. The van der Waals surface area contributed by atoms with E-state index in [-0.39, 0.29) is 6.10 Å². The lowest BCUT2D eigenvalue weighted by molar-refractivity contribution is -0.0227. The molecule has 2 atom stereocenters. The fourth-order valence-electron chi connectivity index (χ4n) is 4.11. The molecule has 0 aromatic rings. The quantitative estimate of drug-likeness (QED) is 0.798. The standard InChI is InChI=1S/C14H27NO/c1-3-15(4-2)13-11-12(16)7-10-14(13)8-5-6-9-14/h12-13,16H,3-11H2,1-2H3. The van der Waals surface area contributed by atoms with Crippen LogP contribution in [0.5, 0.6) is 0 Å². The van der Waals surface area contributed by atoms with E-state index in [9.17, 15) is 5.11 Å². The Morgan fingerprint density at radius 1 is 1.12 bits per heavy atom. The molecule has 16 heavy (non-hydrogen) atoms. The molecule has 0 aromatic heterocycles. The predicted molar refractivity (Wildman–Crippen MR) is 67.5 cm³/mol. The Morgan fingerprint density at radius 2 is 1.75 bits per heavy atom. The van der Waals surface area contributed by atoms with Gasteiger partial charge in [-0.1, -0.05) is 26.7 Å². The molecule has 2 fully saturated rings. The summed E-state index contributed by atoms with van der Waals surface area (Å²) in [4.78, 5) is 2.59. The highest BCUT2D eigenvalue weighted by molar-refractivity contribution is 4.99. The molecule has 0 amide bonds. The Labute approximate surface area is 100 Å². The number of hydrogen-bond acceptors (Lipinski definition) is 2. The fraction of sp³-hybridized carbons (Fsp3) is 1.00. The smallest absolute Gasteiger partial charge is 0.0555 e. The van der Waals surface area contributed by atoms with Crippen LogP contribution >= 0.6 is 0 Å². The first-order chi connectivity index (χ1) is 7.72. The van der Waals surface area contributed by atoms with Gasteiger partial charge in [0.05, 0.1) is 6.10 Å². The molecule has 2 aliphatic rings. The summed E-state index contributed by atoms with van der Waals surface area (Å²) in [7, 11) is 0. The van der Waals surface area contributed by atoms with E-state index < -0.39 is 0 Å². The molecule has 2 saturated carbocycles. The number of hydrogen-bond donors (Lipinski definition) is 1. The first-order valence-electron chi connectivity index (χ1n) is 7.14. The van der Waals surface area contributed by atoms with Gasteiger partial charge in [-0.25, -0.2) is 0 Å². The SMILES string of the molecule is CCN(CC)C1CC(O)CCC12CCCC2. The summed E-state index contributed by atoms with van der Waals surface area (Å²) in [6, 6.07) is 0.647. The van der Waals surface area contributed by atoms with Crippen LogP contribution in [0.25, 0.3) is 0 Å². The van der Waals surface area contributed by atoms with E-state index in [0.29, 0.717) is 11.5 Å². The fourth-order valence-corrected chi connectivity index (χ4v) is 4.11. The summed E-state index contributed by atoms with van der Waals surface area (Å²) in [5.41, 5.74) is 0.561. The molecular formula is C14H27NO. The van der Waals surface area contributed by atoms with Gasteiger partial charge in [-0.3, -0.25) is 0 Å². The molecular weight excluding hydrogens is 198 g/mol. The van der Waals surface area contributed by atoms with Gasteiger partial charge in [-0.15, -0.1) is 0 Å². The lowest BCUT2D eigenvalue weighted by atomic mass is 9.67. The van der Waals surface area contributed by atoms with Crippen LogP contribution in [0.15, 0.2) is 0 Å². The van der Waals surface area contributed by atoms with Crippen LogP contribution < -0.4 is 0 Å². The Kier molecular flexibility index (Phi) is 3.91. The summed E-state index contributed by atoms with van der Waals surface area (Å²) in [5.74, 6) is 0. The van der Waals surface area contributed by atoms with Crippen molar-refractivity contribution in [2.75, 3.05) is 13.1 Å². The van der Waals surface area contributed by atoms with E-state index in [1.807, 2.05) is 0 Å². The van der Waals surface area contributed by atoms with Crippen LogP contribution in [-0.4, -0.2) is 35.2 Å². The number of aliphatic hydroxyl groups is 1.